The lowest BCUT2D eigenvalue weighted by Crippen LogP contribution is -2.26. The lowest BCUT2D eigenvalue weighted by atomic mass is 10.1. The molecule has 0 bridgehead atoms. The number of hydrogen-bond donors (Lipinski definition) is 1. The first kappa shape index (κ1) is 19.3. The van der Waals surface area contributed by atoms with Crippen molar-refractivity contribution in [3.63, 3.8) is 0 Å². The number of hydrogen-bond acceptors (Lipinski definition) is 4. The van der Waals surface area contributed by atoms with Crippen molar-refractivity contribution in [1.29, 1.82) is 0 Å². The molecule has 0 radical (unpaired) electrons. The largest absolute Gasteiger partial charge is 0.435 e. The van der Waals surface area contributed by atoms with Crippen molar-refractivity contribution in [2.75, 3.05) is 5.32 Å². The fourth-order valence-corrected chi connectivity index (χ4v) is 3.01. The van der Waals surface area contributed by atoms with Crippen molar-refractivity contribution in [3.05, 3.63) is 94.9 Å². The van der Waals surface area contributed by atoms with Gasteiger partial charge in [0, 0.05) is 11.1 Å². The highest BCUT2D eigenvalue weighted by Crippen LogP contribution is 2.20. The number of rotatable bonds is 5. The van der Waals surface area contributed by atoms with E-state index in [0.717, 1.165) is 0 Å². The molecule has 1 heterocycles. The Balaban J connectivity index is 1.73. The minimum Gasteiger partial charge on any atom is -0.435 e. The van der Waals surface area contributed by atoms with Gasteiger partial charge < -0.3 is 10.1 Å². The van der Waals surface area contributed by atoms with Gasteiger partial charge in [-0.05, 0) is 42.5 Å². The Hall–Kier alpha value is -4.07. The molecule has 0 unspecified atom stereocenters. The third-order valence-corrected chi connectivity index (χ3v) is 4.36. The van der Waals surface area contributed by atoms with Gasteiger partial charge >= 0.3 is 6.61 Å². The number of amides is 1. The highest BCUT2D eigenvalue weighted by Gasteiger charge is 2.17. The predicted molar refractivity (Wildman–Crippen MR) is 108 cm³/mol. The number of aromatic nitrogens is 2. The molecule has 0 saturated carbocycles. The Morgan fingerprint density at radius 3 is 2.20 bits per heavy atom. The number of anilines is 1. The van der Waals surface area contributed by atoms with E-state index in [9.17, 15) is 18.4 Å². The highest BCUT2D eigenvalue weighted by molar-refractivity contribution is 6.11. The zero-order valence-corrected chi connectivity index (χ0v) is 15.5. The van der Waals surface area contributed by atoms with Crippen LogP contribution in [-0.4, -0.2) is 22.3 Å². The summed E-state index contributed by atoms with van der Waals surface area (Å²) in [6.45, 7) is -2.93. The van der Waals surface area contributed by atoms with Crippen molar-refractivity contribution in [2.45, 2.75) is 6.61 Å². The monoisotopic (exact) mass is 407 g/mol. The minimum absolute atomic E-state index is 0.0239. The van der Waals surface area contributed by atoms with Gasteiger partial charge in [-0.3, -0.25) is 9.59 Å². The van der Waals surface area contributed by atoms with E-state index in [0.29, 0.717) is 22.1 Å². The number of fused-ring (bicyclic) bond motifs is 1. The van der Waals surface area contributed by atoms with Gasteiger partial charge in [-0.15, -0.1) is 0 Å². The van der Waals surface area contributed by atoms with Crippen LogP contribution in [0.25, 0.3) is 16.5 Å². The zero-order chi connectivity index (χ0) is 21.1. The minimum atomic E-state index is -2.93. The lowest BCUT2D eigenvalue weighted by molar-refractivity contribution is -0.0498. The van der Waals surface area contributed by atoms with Crippen LogP contribution in [-0.2, 0) is 0 Å². The molecule has 0 spiro atoms. The molecule has 3 aromatic carbocycles. The number of alkyl halides is 2. The first-order chi connectivity index (χ1) is 14.5. The summed E-state index contributed by atoms with van der Waals surface area (Å²) >= 11 is 0. The smallest absolute Gasteiger partial charge is 0.387 e. The highest BCUT2D eigenvalue weighted by atomic mass is 19.3. The first-order valence-corrected chi connectivity index (χ1v) is 8.96. The van der Waals surface area contributed by atoms with E-state index < -0.39 is 12.5 Å². The van der Waals surface area contributed by atoms with Crippen LogP contribution < -0.4 is 15.6 Å². The Morgan fingerprint density at radius 1 is 0.900 bits per heavy atom. The van der Waals surface area contributed by atoms with Gasteiger partial charge in [-0.2, -0.15) is 18.6 Å². The first-order valence-electron chi connectivity index (χ1n) is 8.96. The van der Waals surface area contributed by atoms with E-state index in [1.165, 1.54) is 28.9 Å². The summed E-state index contributed by atoms with van der Waals surface area (Å²) in [4.78, 5) is 25.8. The molecule has 0 saturated heterocycles. The van der Waals surface area contributed by atoms with Crippen molar-refractivity contribution in [2.24, 2.45) is 0 Å². The van der Waals surface area contributed by atoms with Crippen LogP contribution in [0.4, 0.5) is 14.5 Å². The normalized spacial score (nSPS) is 10.9. The Morgan fingerprint density at radius 2 is 1.53 bits per heavy atom. The summed E-state index contributed by atoms with van der Waals surface area (Å²) in [7, 11) is 0. The number of carbonyl (C=O) groups excluding carboxylic acids is 1. The molecule has 0 atom stereocenters. The summed E-state index contributed by atoms with van der Waals surface area (Å²) in [6.07, 6.45) is 0. The van der Waals surface area contributed by atoms with Crippen LogP contribution in [0.1, 0.15) is 10.5 Å². The third kappa shape index (κ3) is 3.88. The molecule has 6 nitrogen and oxygen atoms in total. The van der Waals surface area contributed by atoms with Crippen molar-refractivity contribution in [3.8, 4) is 11.4 Å². The average Bonchev–Trinajstić information content (AvgIpc) is 2.76. The number of para-hydroxylation sites is 1. The summed E-state index contributed by atoms with van der Waals surface area (Å²) in [5.74, 6) is -0.567. The topological polar surface area (TPSA) is 73.2 Å². The maximum atomic E-state index is 12.9. The predicted octanol–water partition coefficient (Wildman–Crippen LogP) is 4.24. The number of halogens is 2. The van der Waals surface area contributed by atoms with Gasteiger partial charge in [0.15, 0.2) is 5.69 Å². The van der Waals surface area contributed by atoms with Crippen LogP contribution in [0.5, 0.6) is 5.75 Å². The number of nitrogens with zero attached hydrogens (tertiary/aromatic N) is 2. The fraction of sp³-hybridized carbons (Fsp3) is 0.0455. The van der Waals surface area contributed by atoms with Gasteiger partial charge in [0.25, 0.3) is 11.5 Å². The number of benzene rings is 3. The van der Waals surface area contributed by atoms with Gasteiger partial charge in [-0.25, -0.2) is 0 Å². The Kier molecular flexibility index (Phi) is 5.21. The molecule has 0 aliphatic carbocycles. The molecule has 4 aromatic rings. The quantitative estimate of drug-likeness (QED) is 0.537. The van der Waals surface area contributed by atoms with Crippen molar-refractivity contribution >= 4 is 22.4 Å². The molecule has 1 amide bonds. The molecular weight excluding hydrogens is 392 g/mol. The Bertz CT molecular complexity index is 1260. The van der Waals surface area contributed by atoms with Crippen LogP contribution in [0.15, 0.2) is 83.7 Å². The van der Waals surface area contributed by atoms with E-state index >= 15 is 0 Å². The maximum absolute atomic E-state index is 12.9. The Labute approximate surface area is 169 Å². The second-order valence-corrected chi connectivity index (χ2v) is 6.30. The SMILES string of the molecule is O=C(Nc1ccc(OC(F)F)cc1)c1nn(-c2ccccc2)c(=O)c2ccccc12. The van der Waals surface area contributed by atoms with Crippen LogP contribution >= 0.6 is 0 Å². The van der Waals surface area contributed by atoms with Crippen LogP contribution in [0.2, 0.25) is 0 Å². The molecule has 0 aliphatic heterocycles. The van der Waals surface area contributed by atoms with Crippen molar-refractivity contribution in [1.82, 2.24) is 9.78 Å². The van der Waals surface area contributed by atoms with Gasteiger partial charge in [0.1, 0.15) is 5.75 Å². The van der Waals surface area contributed by atoms with Crippen LogP contribution in [0.3, 0.4) is 0 Å². The standard InChI is InChI=1S/C22H15F2N3O3/c23-22(24)30-16-12-10-14(11-13-16)25-20(28)19-17-8-4-5-9-18(17)21(29)27(26-19)15-6-2-1-3-7-15/h1-13,22H,(H,25,28). The average molecular weight is 407 g/mol. The molecule has 4 rings (SSSR count). The molecule has 30 heavy (non-hydrogen) atoms. The molecule has 1 aromatic heterocycles. The summed E-state index contributed by atoms with van der Waals surface area (Å²) in [6, 6.07) is 21.0. The summed E-state index contributed by atoms with van der Waals surface area (Å²) in [5, 5.41) is 7.72. The molecular formula is C22H15F2N3O3. The van der Waals surface area contributed by atoms with Crippen molar-refractivity contribution < 1.29 is 18.3 Å². The molecule has 1 N–H and O–H groups in total. The van der Waals surface area contributed by atoms with Gasteiger partial charge in [0.05, 0.1) is 11.1 Å². The van der Waals surface area contributed by atoms with Crippen LogP contribution in [0, 0.1) is 0 Å². The second kappa shape index (κ2) is 8.12. The maximum Gasteiger partial charge on any atom is 0.387 e. The molecule has 0 aliphatic rings. The van der Waals surface area contributed by atoms with E-state index in [2.05, 4.69) is 15.2 Å². The number of ether oxygens (including phenoxy) is 1. The number of nitrogens with one attached hydrogen (secondary N) is 1. The van der Waals surface area contributed by atoms with E-state index in [4.69, 9.17) is 0 Å². The summed E-state index contributed by atoms with van der Waals surface area (Å²) < 4.78 is 30.0. The van der Waals surface area contributed by atoms with E-state index in [1.807, 2.05) is 6.07 Å². The summed E-state index contributed by atoms with van der Waals surface area (Å²) in [5.41, 5.74) is 0.601. The van der Waals surface area contributed by atoms with Gasteiger partial charge in [-0.1, -0.05) is 36.4 Å². The zero-order valence-electron chi connectivity index (χ0n) is 15.5. The van der Waals surface area contributed by atoms with Gasteiger partial charge in [0.2, 0.25) is 0 Å². The second-order valence-electron chi connectivity index (χ2n) is 6.30. The molecule has 0 fully saturated rings. The fourth-order valence-electron chi connectivity index (χ4n) is 3.01. The van der Waals surface area contributed by atoms with E-state index in [-0.39, 0.29) is 17.0 Å². The molecule has 150 valence electrons. The molecule has 8 heteroatoms. The number of carbonyl (C=O) groups is 1. The van der Waals surface area contributed by atoms with E-state index in [1.54, 1.807) is 48.5 Å². The third-order valence-electron chi connectivity index (χ3n) is 4.36. The lowest BCUT2D eigenvalue weighted by Gasteiger charge is -2.12.